The normalized spacial score (nSPS) is 9.27. The molecule has 0 spiro atoms. The molecule has 0 heterocycles. The van der Waals surface area contributed by atoms with Crippen molar-refractivity contribution in [3.8, 4) is 11.5 Å². The van der Waals surface area contributed by atoms with Crippen LogP contribution in [-0.2, 0) is 0 Å². The molecule has 0 saturated heterocycles. The van der Waals surface area contributed by atoms with Crippen LogP contribution in [0, 0.1) is 0 Å². The van der Waals surface area contributed by atoms with Crippen LogP contribution >= 0.6 is 11.6 Å². The second-order valence-electron chi connectivity index (χ2n) is 3.23. The van der Waals surface area contributed by atoms with Gasteiger partial charge in [0, 0.05) is 11.9 Å². The minimum Gasteiger partial charge on any atom is -0.496 e. The van der Waals surface area contributed by atoms with Crippen molar-refractivity contribution in [1.82, 2.24) is 0 Å². The van der Waals surface area contributed by atoms with Gasteiger partial charge in [0.1, 0.15) is 11.5 Å². The highest BCUT2D eigenvalue weighted by Crippen LogP contribution is 2.34. The Morgan fingerprint density at radius 3 is 1.67 bits per heavy atom. The Hall–Kier alpha value is -0.890. The van der Waals surface area contributed by atoms with Crippen molar-refractivity contribution in [2.24, 2.45) is 0 Å². The lowest BCUT2D eigenvalue weighted by Crippen LogP contribution is -1.98. The molecule has 0 aromatic heterocycles. The summed E-state index contributed by atoms with van der Waals surface area (Å²) in [7, 11) is 3.36. The first kappa shape index (κ1) is 14.1. The van der Waals surface area contributed by atoms with E-state index in [4.69, 9.17) is 9.47 Å². The summed E-state index contributed by atoms with van der Waals surface area (Å²) in [5.41, 5.74) is 1.13. The van der Waals surface area contributed by atoms with Crippen LogP contribution in [0.1, 0.15) is 25.3 Å². The smallest absolute Gasteiger partial charge is 0.126 e. The molecule has 0 aliphatic carbocycles. The van der Waals surface area contributed by atoms with Gasteiger partial charge in [-0.25, -0.2) is 0 Å². The quantitative estimate of drug-likeness (QED) is 0.738. The first-order valence-electron chi connectivity index (χ1n) is 4.79. The van der Waals surface area contributed by atoms with Crippen molar-refractivity contribution in [3.05, 3.63) is 23.8 Å². The molecule has 3 heteroatoms. The van der Waals surface area contributed by atoms with Crippen molar-refractivity contribution in [3.63, 3.8) is 0 Å². The minimum atomic E-state index is 0.408. The molecule has 0 saturated carbocycles. The summed E-state index contributed by atoms with van der Waals surface area (Å²) < 4.78 is 10.5. The fourth-order valence-corrected chi connectivity index (χ4v) is 1.45. The first-order chi connectivity index (χ1) is 7.20. The van der Waals surface area contributed by atoms with E-state index in [-0.39, 0.29) is 0 Å². The highest BCUT2D eigenvalue weighted by molar-refractivity contribution is 6.15. The molecule has 15 heavy (non-hydrogen) atoms. The first-order valence-corrected chi connectivity index (χ1v) is 5.55. The van der Waals surface area contributed by atoms with E-state index in [2.05, 4.69) is 25.4 Å². The van der Waals surface area contributed by atoms with E-state index in [0.29, 0.717) is 5.92 Å². The number of methoxy groups -OCH3 is 2. The van der Waals surface area contributed by atoms with Crippen LogP contribution in [-0.4, -0.2) is 20.6 Å². The monoisotopic (exact) mass is 230 g/mol. The van der Waals surface area contributed by atoms with Gasteiger partial charge in [-0.15, -0.1) is 11.6 Å². The average molecular weight is 231 g/mol. The molecule has 2 nitrogen and oxygen atoms in total. The molecular formula is C12H19ClO2. The van der Waals surface area contributed by atoms with Crippen LogP contribution in [0.2, 0.25) is 0 Å². The van der Waals surface area contributed by atoms with E-state index in [0.717, 1.165) is 17.1 Å². The predicted molar refractivity (Wildman–Crippen MR) is 65.4 cm³/mol. The number of rotatable bonds is 3. The Bertz CT molecular complexity index is 263. The van der Waals surface area contributed by atoms with Crippen molar-refractivity contribution in [2.45, 2.75) is 19.8 Å². The van der Waals surface area contributed by atoms with E-state index in [1.54, 1.807) is 14.2 Å². The molecule has 0 radical (unpaired) electrons. The Kier molecular flexibility index (Phi) is 6.97. The molecule has 0 aliphatic rings. The lowest BCUT2D eigenvalue weighted by molar-refractivity contribution is 0.382. The van der Waals surface area contributed by atoms with E-state index in [1.165, 1.54) is 6.38 Å². The van der Waals surface area contributed by atoms with E-state index < -0.39 is 0 Å². The van der Waals surface area contributed by atoms with E-state index in [1.807, 2.05) is 18.2 Å². The van der Waals surface area contributed by atoms with Crippen LogP contribution in [0.25, 0.3) is 0 Å². The molecule has 0 fully saturated rings. The number of benzene rings is 1. The summed E-state index contributed by atoms with van der Waals surface area (Å²) >= 11 is 4.64. The average Bonchev–Trinajstić information content (AvgIpc) is 2.30. The van der Waals surface area contributed by atoms with Gasteiger partial charge in [0.2, 0.25) is 0 Å². The molecule has 0 aliphatic heterocycles. The molecule has 0 bridgehead atoms. The Balaban J connectivity index is 0.000000921. The number of hydrogen-bond donors (Lipinski definition) is 0. The van der Waals surface area contributed by atoms with Crippen molar-refractivity contribution in [2.75, 3.05) is 20.6 Å². The number of ether oxygens (including phenoxy) is 2. The van der Waals surface area contributed by atoms with Gasteiger partial charge in [-0.1, -0.05) is 19.9 Å². The zero-order valence-electron chi connectivity index (χ0n) is 10.0. The van der Waals surface area contributed by atoms with E-state index in [9.17, 15) is 0 Å². The summed E-state index contributed by atoms with van der Waals surface area (Å²) in [6, 6.07) is 5.85. The summed E-state index contributed by atoms with van der Waals surface area (Å²) in [4.78, 5) is 0. The van der Waals surface area contributed by atoms with Gasteiger partial charge in [0.15, 0.2) is 0 Å². The maximum atomic E-state index is 5.27. The fraction of sp³-hybridized carbons (Fsp3) is 0.500. The van der Waals surface area contributed by atoms with Gasteiger partial charge in [0.25, 0.3) is 0 Å². The Morgan fingerprint density at radius 2 is 1.40 bits per heavy atom. The van der Waals surface area contributed by atoms with Gasteiger partial charge in [0.05, 0.1) is 14.2 Å². The van der Waals surface area contributed by atoms with Crippen molar-refractivity contribution >= 4 is 11.6 Å². The molecular weight excluding hydrogens is 212 g/mol. The predicted octanol–water partition coefficient (Wildman–Crippen LogP) is 3.68. The number of alkyl halides is 1. The van der Waals surface area contributed by atoms with Gasteiger partial charge < -0.3 is 9.47 Å². The number of hydrogen-bond acceptors (Lipinski definition) is 2. The van der Waals surface area contributed by atoms with Crippen LogP contribution in [0.4, 0.5) is 0 Å². The molecule has 1 rings (SSSR count). The van der Waals surface area contributed by atoms with Crippen LogP contribution in [0.5, 0.6) is 11.5 Å². The summed E-state index contributed by atoms with van der Waals surface area (Å²) in [5.74, 6) is 2.20. The zero-order chi connectivity index (χ0) is 11.8. The van der Waals surface area contributed by atoms with Crippen molar-refractivity contribution < 1.29 is 9.47 Å². The van der Waals surface area contributed by atoms with Gasteiger partial charge in [-0.2, -0.15) is 0 Å². The Morgan fingerprint density at radius 1 is 1.00 bits per heavy atom. The molecule has 1 aromatic carbocycles. The number of halogens is 1. The maximum Gasteiger partial charge on any atom is 0.126 e. The lowest BCUT2D eigenvalue weighted by Gasteiger charge is -2.15. The highest BCUT2D eigenvalue weighted by Gasteiger charge is 2.12. The van der Waals surface area contributed by atoms with E-state index >= 15 is 0 Å². The third-order valence-electron chi connectivity index (χ3n) is 2.04. The highest BCUT2D eigenvalue weighted by atomic mass is 35.5. The summed E-state index contributed by atoms with van der Waals surface area (Å²) in [6.07, 6.45) is 1.47. The second-order valence-corrected chi connectivity index (χ2v) is 3.23. The lowest BCUT2D eigenvalue weighted by atomic mass is 10.0. The third-order valence-corrected chi connectivity index (χ3v) is 2.04. The topological polar surface area (TPSA) is 18.5 Å². The Labute approximate surface area is 97.2 Å². The van der Waals surface area contributed by atoms with Crippen LogP contribution < -0.4 is 9.47 Å². The zero-order valence-corrected chi connectivity index (χ0v) is 10.8. The summed E-state index contributed by atoms with van der Waals surface area (Å²) in [6.45, 7) is 4.25. The molecule has 0 N–H and O–H groups in total. The fourth-order valence-electron chi connectivity index (χ4n) is 1.45. The van der Waals surface area contributed by atoms with Gasteiger partial charge in [-0.3, -0.25) is 0 Å². The van der Waals surface area contributed by atoms with Crippen LogP contribution in [0.15, 0.2) is 18.2 Å². The van der Waals surface area contributed by atoms with Crippen molar-refractivity contribution in [1.29, 1.82) is 0 Å². The molecule has 0 amide bonds. The standard InChI is InChI=1S/C11H16O2.CH3Cl/c1-8(2)11-9(12-3)6-5-7-10(11)13-4;1-2/h5-8H,1-4H3;1H3. The third kappa shape index (κ3) is 3.63. The molecule has 1 aromatic rings. The SMILES string of the molecule is CCl.COc1cccc(OC)c1C(C)C. The second kappa shape index (κ2) is 7.41. The van der Waals surface area contributed by atoms with Crippen LogP contribution in [0.3, 0.4) is 0 Å². The summed E-state index contributed by atoms with van der Waals surface area (Å²) in [5, 5.41) is 0. The largest absolute Gasteiger partial charge is 0.496 e. The van der Waals surface area contributed by atoms with Gasteiger partial charge in [-0.05, 0) is 18.1 Å². The molecule has 86 valence electrons. The minimum absolute atomic E-state index is 0.408. The maximum absolute atomic E-state index is 5.27. The van der Waals surface area contributed by atoms with Gasteiger partial charge >= 0.3 is 0 Å². The molecule has 0 unspecified atom stereocenters. The molecule has 0 atom stereocenters.